The summed E-state index contributed by atoms with van der Waals surface area (Å²) in [7, 11) is 0. The zero-order chi connectivity index (χ0) is 12.8. The maximum atomic E-state index is 12.5. The Morgan fingerprint density at radius 2 is 1.67 bits per heavy atom. The Morgan fingerprint density at radius 1 is 1.17 bits per heavy atom. The van der Waals surface area contributed by atoms with E-state index in [2.05, 4.69) is 10.6 Å². The predicted molar refractivity (Wildman–Crippen MR) is 75.0 cm³/mol. The largest absolute Gasteiger partial charge is 0.363 e. The van der Waals surface area contributed by atoms with E-state index in [1.165, 1.54) is 19.3 Å². The summed E-state index contributed by atoms with van der Waals surface area (Å²) < 4.78 is 0. The van der Waals surface area contributed by atoms with Crippen molar-refractivity contribution in [3.63, 3.8) is 0 Å². The van der Waals surface area contributed by atoms with Crippen molar-refractivity contribution >= 4 is 23.2 Å². The van der Waals surface area contributed by atoms with Gasteiger partial charge in [0.15, 0.2) is 5.11 Å². The van der Waals surface area contributed by atoms with Crippen LogP contribution >= 0.6 is 12.2 Å². The van der Waals surface area contributed by atoms with E-state index in [9.17, 15) is 4.79 Å². The number of nitrogens with one attached hydrogen (secondary N) is 2. The highest BCUT2D eigenvalue weighted by molar-refractivity contribution is 7.80. The lowest BCUT2D eigenvalue weighted by Gasteiger charge is -2.55. The highest BCUT2D eigenvalue weighted by atomic mass is 32.1. The van der Waals surface area contributed by atoms with E-state index in [1.807, 2.05) is 6.92 Å². The Morgan fingerprint density at radius 3 is 2.11 bits per heavy atom. The third-order valence-corrected chi connectivity index (χ3v) is 5.33. The van der Waals surface area contributed by atoms with Crippen LogP contribution in [-0.2, 0) is 4.79 Å². The Labute approximate surface area is 114 Å². The van der Waals surface area contributed by atoms with E-state index >= 15 is 0 Å². The molecule has 0 heterocycles. The van der Waals surface area contributed by atoms with E-state index in [0.29, 0.717) is 5.11 Å². The molecule has 4 saturated carbocycles. The first kappa shape index (κ1) is 12.4. The summed E-state index contributed by atoms with van der Waals surface area (Å²) in [6.07, 6.45) is 7.39. The molecule has 0 spiro atoms. The first-order valence-corrected chi connectivity index (χ1v) is 7.61. The van der Waals surface area contributed by atoms with Gasteiger partial charge in [0.05, 0.1) is 5.41 Å². The van der Waals surface area contributed by atoms with Gasteiger partial charge in [-0.1, -0.05) is 0 Å². The number of carbonyl (C=O) groups excluding carboxylic acids is 1. The van der Waals surface area contributed by atoms with Crippen molar-refractivity contribution in [1.29, 1.82) is 0 Å². The van der Waals surface area contributed by atoms with E-state index in [-0.39, 0.29) is 11.3 Å². The topological polar surface area (TPSA) is 41.1 Å². The minimum atomic E-state index is -0.0891. The standard InChI is InChI=1S/C14H22N2OS/c1-2-15-13(18)16-12(17)14-6-9-3-10(7-14)5-11(4-9)8-14/h9-11H,2-8H2,1H3,(H2,15,16,17,18). The van der Waals surface area contributed by atoms with Crippen LogP contribution in [0.25, 0.3) is 0 Å². The summed E-state index contributed by atoms with van der Waals surface area (Å²) in [5, 5.41) is 6.43. The molecule has 4 fully saturated rings. The fourth-order valence-corrected chi connectivity index (χ4v) is 5.07. The van der Waals surface area contributed by atoms with Crippen molar-refractivity contribution in [2.45, 2.75) is 45.4 Å². The Hall–Kier alpha value is -0.640. The van der Waals surface area contributed by atoms with Crippen LogP contribution < -0.4 is 10.6 Å². The molecule has 4 bridgehead atoms. The second-order valence-electron chi connectivity index (χ2n) is 6.51. The zero-order valence-electron chi connectivity index (χ0n) is 11.0. The van der Waals surface area contributed by atoms with Gasteiger partial charge in [0.25, 0.3) is 0 Å². The summed E-state index contributed by atoms with van der Waals surface area (Å²) in [5.74, 6) is 2.59. The van der Waals surface area contributed by atoms with Gasteiger partial charge in [-0.3, -0.25) is 4.79 Å². The Kier molecular flexibility index (Phi) is 3.08. The van der Waals surface area contributed by atoms with Gasteiger partial charge in [0.2, 0.25) is 5.91 Å². The van der Waals surface area contributed by atoms with Crippen LogP contribution in [0.1, 0.15) is 45.4 Å². The maximum absolute atomic E-state index is 12.5. The first-order chi connectivity index (χ1) is 8.61. The van der Waals surface area contributed by atoms with Gasteiger partial charge in [-0.25, -0.2) is 0 Å². The molecule has 3 nitrogen and oxygen atoms in total. The molecule has 0 saturated heterocycles. The molecular weight excluding hydrogens is 244 g/mol. The first-order valence-electron chi connectivity index (χ1n) is 7.20. The van der Waals surface area contributed by atoms with E-state index in [1.54, 1.807) is 0 Å². The van der Waals surface area contributed by atoms with Crippen LogP contribution in [0.3, 0.4) is 0 Å². The number of rotatable bonds is 2. The molecular formula is C14H22N2OS. The second-order valence-corrected chi connectivity index (χ2v) is 6.92. The molecule has 2 N–H and O–H groups in total. The van der Waals surface area contributed by atoms with Crippen molar-refractivity contribution in [2.75, 3.05) is 6.54 Å². The highest BCUT2D eigenvalue weighted by Crippen LogP contribution is 2.60. The average Bonchev–Trinajstić information content (AvgIpc) is 2.27. The summed E-state index contributed by atoms with van der Waals surface area (Å²) in [5.41, 5.74) is -0.0891. The Balaban J connectivity index is 1.71. The van der Waals surface area contributed by atoms with E-state index < -0.39 is 0 Å². The van der Waals surface area contributed by atoms with Crippen LogP contribution in [0.2, 0.25) is 0 Å². The normalized spacial score (nSPS) is 40.6. The van der Waals surface area contributed by atoms with Gasteiger partial charge >= 0.3 is 0 Å². The second kappa shape index (κ2) is 4.48. The molecule has 1 amide bonds. The van der Waals surface area contributed by atoms with Crippen LogP contribution in [0.4, 0.5) is 0 Å². The van der Waals surface area contributed by atoms with Crippen molar-refractivity contribution < 1.29 is 4.79 Å². The van der Waals surface area contributed by atoms with Gasteiger partial charge in [0.1, 0.15) is 0 Å². The molecule has 0 aliphatic heterocycles. The summed E-state index contributed by atoms with van der Waals surface area (Å²) >= 11 is 5.14. The molecule has 4 heteroatoms. The van der Waals surface area contributed by atoms with Crippen molar-refractivity contribution in [1.82, 2.24) is 10.6 Å². The molecule has 4 rings (SSSR count). The lowest BCUT2D eigenvalue weighted by molar-refractivity contribution is -0.144. The van der Waals surface area contributed by atoms with Gasteiger partial charge < -0.3 is 10.6 Å². The average molecular weight is 266 g/mol. The third-order valence-electron chi connectivity index (χ3n) is 5.08. The number of hydrogen-bond donors (Lipinski definition) is 2. The van der Waals surface area contributed by atoms with Gasteiger partial charge in [0, 0.05) is 6.54 Å². The Bertz CT molecular complexity index is 345. The van der Waals surface area contributed by atoms with Crippen molar-refractivity contribution in [2.24, 2.45) is 23.2 Å². The number of carbonyl (C=O) groups is 1. The molecule has 4 aliphatic rings. The van der Waals surface area contributed by atoms with Crippen molar-refractivity contribution in [3.05, 3.63) is 0 Å². The molecule has 100 valence electrons. The SMILES string of the molecule is CCNC(=S)NC(=O)C12CC3CC(CC(C3)C1)C2. The quantitative estimate of drug-likeness (QED) is 0.753. The molecule has 0 radical (unpaired) electrons. The molecule has 0 aromatic heterocycles. The predicted octanol–water partition coefficient (Wildman–Crippen LogP) is 2.21. The fourth-order valence-electron chi connectivity index (χ4n) is 4.83. The molecule has 0 aromatic carbocycles. The van der Waals surface area contributed by atoms with Gasteiger partial charge in [-0.05, 0) is 75.4 Å². The lowest BCUT2D eigenvalue weighted by Crippen LogP contribution is -2.55. The number of thiocarbonyl (C=S) groups is 1. The van der Waals surface area contributed by atoms with Gasteiger partial charge in [-0.15, -0.1) is 0 Å². The van der Waals surface area contributed by atoms with Gasteiger partial charge in [-0.2, -0.15) is 0 Å². The van der Waals surface area contributed by atoms with E-state index in [0.717, 1.165) is 43.6 Å². The number of hydrogen-bond acceptors (Lipinski definition) is 2. The van der Waals surface area contributed by atoms with Crippen LogP contribution in [0, 0.1) is 23.2 Å². The smallest absolute Gasteiger partial charge is 0.232 e. The lowest BCUT2D eigenvalue weighted by atomic mass is 9.49. The van der Waals surface area contributed by atoms with Crippen LogP contribution in [0.15, 0.2) is 0 Å². The minimum Gasteiger partial charge on any atom is -0.363 e. The van der Waals surface area contributed by atoms with Crippen LogP contribution in [0.5, 0.6) is 0 Å². The highest BCUT2D eigenvalue weighted by Gasteiger charge is 2.54. The minimum absolute atomic E-state index is 0.0891. The molecule has 4 aliphatic carbocycles. The summed E-state index contributed by atoms with van der Waals surface area (Å²) in [6.45, 7) is 2.75. The molecule has 0 unspecified atom stereocenters. The molecule has 0 atom stereocenters. The monoisotopic (exact) mass is 266 g/mol. The fraction of sp³-hybridized carbons (Fsp3) is 0.857. The van der Waals surface area contributed by atoms with Crippen LogP contribution in [-0.4, -0.2) is 17.6 Å². The number of amides is 1. The molecule has 18 heavy (non-hydrogen) atoms. The van der Waals surface area contributed by atoms with Crippen molar-refractivity contribution in [3.8, 4) is 0 Å². The van der Waals surface area contributed by atoms with E-state index in [4.69, 9.17) is 12.2 Å². The zero-order valence-corrected chi connectivity index (χ0v) is 11.8. The summed E-state index contributed by atoms with van der Waals surface area (Å²) in [4.78, 5) is 12.5. The maximum Gasteiger partial charge on any atom is 0.232 e. The summed E-state index contributed by atoms with van der Waals surface area (Å²) in [6, 6.07) is 0. The molecule has 0 aromatic rings. The third kappa shape index (κ3) is 2.04.